The lowest BCUT2D eigenvalue weighted by atomic mass is 10.0. The Bertz CT molecular complexity index is 863. The first-order valence-corrected chi connectivity index (χ1v) is 7.03. The van der Waals surface area contributed by atoms with E-state index >= 15 is 0 Å². The number of benzene rings is 3. The molecule has 89 valence electrons. The van der Waals surface area contributed by atoms with Crippen molar-refractivity contribution >= 4 is 32.9 Å². The van der Waals surface area contributed by atoms with E-state index in [1.54, 1.807) is 11.3 Å². The molecule has 0 aliphatic heterocycles. The van der Waals surface area contributed by atoms with Crippen molar-refractivity contribution in [1.29, 1.82) is 0 Å². The highest BCUT2D eigenvalue weighted by Crippen LogP contribution is 2.28. The van der Waals surface area contributed by atoms with Gasteiger partial charge in [-0.2, -0.15) is 0 Å². The Hall–Kier alpha value is -2.19. The second-order valence-electron chi connectivity index (χ2n) is 4.50. The Morgan fingerprint density at radius 3 is 2.53 bits per heavy atom. The van der Waals surface area contributed by atoms with Crippen LogP contribution in [0.2, 0.25) is 0 Å². The minimum Gasteiger partial charge on any atom is -0.245 e. The maximum absolute atomic E-state index is 4.34. The molecule has 0 spiro atoms. The van der Waals surface area contributed by atoms with E-state index in [1.807, 2.05) is 11.6 Å². The fourth-order valence-corrected chi connectivity index (χ4v) is 2.96. The van der Waals surface area contributed by atoms with Crippen LogP contribution in [0.1, 0.15) is 0 Å². The molecule has 0 amide bonds. The van der Waals surface area contributed by atoms with E-state index in [2.05, 4.69) is 59.6 Å². The van der Waals surface area contributed by atoms with Crippen LogP contribution in [0.25, 0.3) is 32.1 Å². The predicted octanol–water partition coefficient (Wildman–Crippen LogP) is 4.92. The van der Waals surface area contributed by atoms with Gasteiger partial charge in [-0.3, -0.25) is 0 Å². The zero-order valence-corrected chi connectivity index (χ0v) is 10.9. The van der Waals surface area contributed by atoms with Gasteiger partial charge in [-0.1, -0.05) is 36.4 Å². The van der Waals surface area contributed by atoms with E-state index in [0.717, 1.165) is 16.0 Å². The summed E-state index contributed by atoms with van der Waals surface area (Å²) in [4.78, 5) is 4.34. The fraction of sp³-hybridized carbons (Fsp3) is 0. The van der Waals surface area contributed by atoms with E-state index in [1.165, 1.54) is 16.2 Å². The molecule has 0 saturated carbocycles. The highest BCUT2D eigenvalue weighted by molar-refractivity contribution is 7.13. The average Bonchev–Trinajstić information content (AvgIpc) is 2.98. The number of rotatable bonds is 1. The van der Waals surface area contributed by atoms with Gasteiger partial charge in [0, 0.05) is 23.2 Å². The average molecular weight is 260 g/mol. The van der Waals surface area contributed by atoms with Crippen LogP contribution in [0.4, 0.5) is 0 Å². The van der Waals surface area contributed by atoms with Gasteiger partial charge in [-0.25, -0.2) is 4.98 Å². The maximum atomic E-state index is 4.34. The van der Waals surface area contributed by atoms with Crippen LogP contribution in [0.3, 0.4) is 0 Å². The van der Waals surface area contributed by atoms with Crippen LogP contribution in [-0.4, -0.2) is 4.98 Å². The molecule has 0 unspecified atom stereocenters. The number of hydrogen-bond donors (Lipinski definition) is 0. The van der Waals surface area contributed by atoms with Crippen molar-refractivity contribution in [3.63, 3.8) is 0 Å². The van der Waals surface area contributed by atoms with E-state index in [0.29, 0.717) is 0 Å². The lowest BCUT2D eigenvalue weighted by molar-refractivity contribution is 1.42. The van der Waals surface area contributed by atoms with Gasteiger partial charge in [0.2, 0.25) is 0 Å². The van der Waals surface area contributed by atoms with Gasteiger partial charge in [0.25, 0.3) is 0 Å². The summed E-state index contributed by atoms with van der Waals surface area (Å²) >= 11 is 1.65. The standard InChI is InChI=1S/C17H10NS/c1-2-4-13-10-16-11-15(17-18-7-8-19-17)6-5-14(16)9-12(13)3-1/h1-10H. The molecule has 0 saturated heterocycles. The molecule has 1 nitrogen and oxygen atoms in total. The normalized spacial score (nSPS) is 11.2. The Morgan fingerprint density at radius 2 is 1.74 bits per heavy atom. The van der Waals surface area contributed by atoms with E-state index in [9.17, 15) is 0 Å². The fourth-order valence-electron chi connectivity index (χ4n) is 2.35. The van der Waals surface area contributed by atoms with E-state index in [4.69, 9.17) is 0 Å². The number of aromatic nitrogens is 1. The van der Waals surface area contributed by atoms with Crippen LogP contribution in [0, 0.1) is 6.07 Å². The molecule has 2 heteroatoms. The van der Waals surface area contributed by atoms with Crippen LogP contribution in [-0.2, 0) is 0 Å². The molecule has 0 aliphatic rings. The van der Waals surface area contributed by atoms with Crippen molar-refractivity contribution in [2.45, 2.75) is 0 Å². The largest absolute Gasteiger partial charge is 0.245 e. The number of thiazole rings is 1. The van der Waals surface area contributed by atoms with E-state index in [-0.39, 0.29) is 0 Å². The van der Waals surface area contributed by atoms with Crippen molar-refractivity contribution in [1.82, 2.24) is 4.98 Å². The molecule has 1 heterocycles. The summed E-state index contributed by atoms with van der Waals surface area (Å²) in [5.74, 6) is 0. The zero-order chi connectivity index (χ0) is 12.7. The molecular formula is C17H10NS. The predicted molar refractivity (Wildman–Crippen MR) is 81.4 cm³/mol. The molecule has 0 atom stereocenters. The first-order chi connectivity index (χ1) is 9.40. The summed E-state index contributed by atoms with van der Waals surface area (Å²) in [5.41, 5.74) is 1.07. The molecular weight excluding hydrogens is 250 g/mol. The molecule has 0 aliphatic carbocycles. The summed E-state index contributed by atoms with van der Waals surface area (Å²) in [6.07, 6.45) is 1.83. The number of fused-ring (bicyclic) bond motifs is 2. The molecule has 0 bridgehead atoms. The molecule has 4 aromatic rings. The lowest BCUT2D eigenvalue weighted by Gasteiger charge is -2.03. The quantitative estimate of drug-likeness (QED) is 0.443. The molecule has 19 heavy (non-hydrogen) atoms. The summed E-state index contributed by atoms with van der Waals surface area (Å²) in [6.45, 7) is 0. The van der Waals surface area contributed by atoms with Crippen molar-refractivity contribution in [3.05, 3.63) is 66.2 Å². The van der Waals surface area contributed by atoms with Crippen molar-refractivity contribution in [3.8, 4) is 10.6 Å². The summed E-state index contributed by atoms with van der Waals surface area (Å²) in [6, 6.07) is 20.5. The molecule has 4 rings (SSSR count). The molecule has 1 aromatic heterocycles. The Labute approximate surface area is 115 Å². The van der Waals surface area contributed by atoms with Gasteiger partial charge in [0.05, 0.1) is 0 Å². The topological polar surface area (TPSA) is 12.9 Å². The van der Waals surface area contributed by atoms with Crippen molar-refractivity contribution in [2.75, 3.05) is 0 Å². The SMILES string of the molecule is [c]1c(-c2nccs2)ccc2cc3ccccc3cc12. The molecule has 3 aromatic carbocycles. The summed E-state index contributed by atoms with van der Waals surface area (Å²) < 4.78 is 0. The monoisotopic (exact) mass is 260 g/mol. The van der Waals surface area contributed by atoms with Crippen LogP contribution < -0.4 is 0 Å². The van der Waals surface area contributed by atoms with Crippen LogP contribution in [0.5, 0.6) is 0 Å². The van der Waals surface area contributed by atoms with Crippen molar-refractivity contribution in [2.24, 2.45) is 0 Å². The molecule has 0 fully saturated rings. The van der Waals surface area contributed by atoms with Gasteiger partial charge in [0.15, 0.2) is 0 Å². The smallest absolute Gasteiger partial charge is 0.123 e. The Morgan fingerprint density at radius 1 is 0.895 bits per heavy atom. The minimum absolute atomic E-state index is 1.02. The van der Waals surface area contributed by atoms with Crippen LogP contribution >= 0.6 is 11.3 Å². The van der Waals surface area contributed by atoms with Gasteiger partial charge in [-0.05, 0) is 33.7 Å². The van der Waals surface area contributed by atoms with Gasteiger partial charge in [0.1, 0.15) is 5.01 Å². The molecule has 1 radical (unpaired) electrons. The number of nitrogens with zero attached hydrogens (tertiary/aromatic N) is 1. The Kier molecular flexibility index (Phi) is 2.35. The first kappa shape index (κ1) is 10.7. The van der Waals surface area contributed by atoms with Gasteiger partial charge < -0.3 is 0 Å². The highest BCUT2D eigenvalue weighted by Gasteiger charge is 2.03. The second-order valence-corrected chi connectivity index (χ2v) is 5.39. The van der Waals surface area contributed by atoms with Gasteiger partial charge >= 0.3 is 0 Å². The van der Waals surface area contributed by atoms with Crippen molar-refractivity contribution < 1.29 is 0 Å². The summed E-state index contributed by atoms with van der Waals surface area (Å²) in [5, 5.41) is 7.90. The lowest BCUT2D eigenvalue weighted by Crippen LogP contribution is -1.80. The van der Waals surface area contributed by atoms with E-state index < -0.39 is 0 Å². The maximum Gasteiger partial charge on any atom is 0.123 e. The first-order valence-electron chi connectivity index (χ1n) is 6.15. The van der Waals surface area contributed by atoms with Gasteiger partial charge in [-0.15, -0.1) is 11.3 Å². The zero-order valence-electron chi connectivity index (χ0n) is 10.1. The third-order valence-corrected chi connectivity index (χ3v) is 4.09. The van der Waals surface area contributed by atoms with Crippen LogP contribution in [0.15, 0.2) is 60.1 Å². The highest BCUT2D eigenvalue weighted by atomic mass is 32.1. The molecule has 0 N–H and O–H groups in total. The summed E-state index contributed by atoms with van der Waals surface area (Å²) in [7, 11) is 0. The third kappa shape index (κ3) is 1.81. The minimum atomic E-state index is 1.02. The number of hydrogen-bond acceptors (Lipinski definition) is 2. The third-order valence-electron chi connectivity index (χ3n) is 3.28. The second kappa shape index (κ2) is 4.18. The Balaban J connectivity index is 2.00.